The Bertz CT molecular complexity index is 654. The second-order valence-corrected chi connectivity index (χ2v) is 7.03. The standard InChI is InChI=1S/C19H24N4O2/c20-15-19(8-4-5-9-19)21-17(24)14-22-10-12-23(13-11-22)18(25)16-6-2-1-3-7-16/h1-3,6-7H,4-5,8-14H2,(H,21,24)/p+1. The average Bonchev–Trinajstić information content (AvgIpc) is 3.11. The van der Waals surface area contributed by atoms with Crippen molar-refractivity contribution in [1.82, 2.24) is 10.2 Å². The van der Waals surface area contributed by atoms with Gasteiger partial charge in [0.2, 0.25) is 0 Å². The number of quaternary nitrogens is 1. The van der Waals surface area contributed by atoms with Crippen LogP contribution in [-0.2, 0) is 4.79 Å². The van der Waals surface area contributed by atoms with E-state index in [1.165, 1.54) is 4.90 Å². The number of carbonyl (C=O) groups is 2. The van der Waals surface area contributed by atoms with E-state index < -0.39 is 5.54 Å². The van der Waals surface area contributed by atoms with Gasteiger partial charge in [-0.05, 0) is 37.8 Å². The normalized spacial score (nSPS) is 20.0. The van der Waals surface area contributed by atoms with Crippen LogP contribution >= 0.6 is 0 Å². The number of carbonyl (C=O) groups excluding carboxylic acids is 2. The van der Waals surface area contributed by atoms with Crippen LogP contribution in [0.4, 0.5) is 0 Å². The van der Waals surface area contributed by atoms with E-state index in [2.05, 4.69) is 11.4 Å². The highest BCUT2D eigenvalue weighted by atomic mass is 16.2. The molecule has 1 aliphatic heterocycles. The fraction of sp³-hybridized carbons (Fsp3) is 0.526. The SMILES string of the molecule is N#CC1(NC(=O)C[NH+]2CCN(C(=O)c3ccccc3)CC2)CCCC1. The Balaban J connectivity index is 1.47. The molecule has 2 fully saturated rings. The van der Waals surface area contributed by atoms with Gasteiger partial charge in [-0.2, -0.15) is 5.26 Å². The van der Waals surface area contributed by atoms with Gasteiger partial charge >= 0.3 is 0 Å². The van der Waals surface area contributed by atoms with Crippen molar-refractivity contribution in [2.24, 2.45) is 0 Å². The molecular weight excluding hydrogens is 316 g/mol. The lowest BCUT2D eigenvalue weighted by Gasteiger charge is -2.32. The Kier molecular flexibility index (Phi) is 5.34. The van der Waals surface area contributed by atoms with Crippen LogP contribution in [0.15, 0.2) is 30.3 Å². The number of hydrogen-bond acceptors (Lipinski definition) is 3. The Morgan fingerprint density at radius 1 is 1.16 bits per heavy atom. The second kappa shape index (κ2) is 7.66. The molecule has 6 heteroatoms. The summed E-state index contributed by atoms with van der Waals surface area (Å²) in [6.07, 6.45) is 3.51. The van der Waals surface area contributed by atoms with E-state index in [1.54, 1.807) is 0 Å². The molecule has 1 aromatic carbocycles. The monoisotopic (exact) mass is 341 g/mol. The number of hydrogen-bond donors (Lipinski definition) is 2. The van der Waals surface area contributed by atoms with Crippen molar-refractivity contribution in [3.8, 4) is 6.07 Å². The van der Waals surface area contributed by atoms with Gasteiger partial charge < -0.3 is 15.1 Å². The minimum Gasteiger partial charge on any atom is -0.333 e. The van der Waals surface area contributed by atoms with Crippen molar-refractivity contribution in [2.45, 2.75) is 31.2 Å². The summed E-state index contributed by atoms with van der Waals surface area (Å²) in [6, 6.07) is 11.6. The Morgan fingerprint density at radius 2 is 1.80 bits per heavy atom. The highest BCUT2D eigenvalue weighted by molar-refractivity contribution is 5.94. The maximum absolute atomic E-state index is 12.4. The van der Waals surface area contributed by atoms with Gasteiger partial charge in [-0.1, -0.05) is 18.2 Å². The third-order valence-electron chi connectivity index (χ3n) is 5.24. The van der Waals surface area contributed by atoms with Crippen molar-refractivity contribution < 1.29 is 14.5 Å². The van der Waals surface area contributed by atoms with E-state index in [-0.39, 0.29) is 11.8 Å². The Morgan fingerprint density at radius 3 is 2.40 bits per heavy atom. The summed E-state index contributed by atoms with van der Waals surface area (Å²) >= 11 is 0. The van der Waals surface area contributed by atoms with Gasteiger partial charge in [0.25, 0.3) is 11.8 Å². The molecular formula is C19H25N4O2+. The number of amides is 2. The fourth-order valence-electron chi connectivity index (χ4n) is 3.75. The third-order valence-corrected chi connectivity index (χ3v) is 5.24. The molecule has 1 heterocycles. The van der Waals surface area contributed by atoms with E-state index in [0.717, 1.165) is 38.8 Å². The molecule has 1 aliphatic carbocycles. The van der Waals surface area contributed by atoms with Crippen LogP contribution < -0.4 is 10.2 Å². The number of rotatable bonds is 4. The molecule has 1 aromatic rings. The van der Waals surface area contributed by atoms with Crippen LogP contribution in [0.5, 0.6) is 0 Å². The largest absolute Gasteiger partial charge is 0.333 e. The Labute approximate surface area is 148 Å². The van der Waals surface area contributed by atoms with Crippen LogP contribution in [0.2, 0.25) is 0 Å². The van der Waals surface area contributed by atoms with E-state index in [9.17, 15) is 14.9 Å². The quantitative estimate of drug-likeness (QED) is 0.808. The molecule has 3 rings (SSSR count). The van der Waals surface area contributed by atoms with Crippen LogP contribution in [0.3, 0.4) is 0 Å². The molecule has 0 atom stereocenters. The van der Waals surface area contributed by atoms with E-state index >= 15 is 0 Å². The summed E-state index contributed by atoms with van der Waals surface area (Å²) in [6.45, 7) is 3.19. The zero-order valence-corrected chi connectivity index (χ0v) is 14.5. The van der Waals surface area contributed by atoms with Gasteiger partial charge in [0.1, 0.15) is 5.54 Å². The highest BCUT2D eigenvalue weighted by Crippen LogP contribution is 2.28. The summed E-state index contributed by atoms with van der Waals surface area (Å²) < 4.78 is 0. The summed E-state index contributed by atoms with van der Waals surface area (Å²) in [7, 11) is 0. The van der Waals surface area contributed by atoms with Crippen LogP contribution in [-0.4, -0.2) is 55.0 Å². The first-order chi connectivity index (χ1) is 12.1. The van der Waals surface area contributed by atoms with Crippen LogP contribution in [0.1, 0.15) is 36.0 Å². The fourth-order valence-corrected chi connectivity index (χ4v) is 3.75. The van der Waals surface area contributed by atoms with Gasteiger partial charge in [-0.25, -0.2) is 0 Å². The van der Waals surface area contributed by atoms with Gasteiger partial charge in [-0.3, -0.25) is 9.59 Å². The Hall–Kier alpha value is -2.39. The lowest BCUT2D eigenvalue weighted by atomic mass is 10.00. The first kappa shape index (κ1) is 17.4. The maximum atomic E-state index is 12.4. The lowest BCUT2D eigenvalue weighted by Crippen LogP contribution is -3.16. The first-order valence-corrected chi connectivity index (χ1v) is 9.02. The predicted octanol–water partition coefficient (Wildman–Crippen LogP) is -0.0201. The van der Waals surface area contributed by atoms with Crippen molar-refractivity contribution in [1.29, 1.82) is 5.26 Å². The molecule has 0 bridgehead atoms. The zero-order valence-electron chi connectivity index (χ0n) is 14.5. The molecule has 1 saturated heterocycles. The number of nitrogens with one attached hydrogen (secondary N) is 2. The molecule has 132 valence electrons. The summed E-state index contributed by atoms with van der Waals surface area (Å²) in [5.74, 6) is -0.000207. The molecule has 2 aliphatic rings. The third kappa shape index (κ3) is 4.18. The number of nitriles is 1. The summed E-state index contributed by atoms with van der Waals surface area (Å²) in [5.41, 5.74) is 0.0580. The van der Waals surface area contributed by atoms with Gasteiger partial charge in [0.15, 0.2) is 6.54 Å². The van der Waals surface area contributed by atoms with E-state index in [0.29, 0.717) is 25.2 Å². The number of benzene rings is 1. The molecule has 0 spiro atoms. The zero-order chi connectivity index (χ0) is 17.7. The smallest absolute Gasteiger partial charge is 0.276 e. The first-order valence-electron chi connectivity index (χ1n) is 9.02. The van der Waals surface area contributed by atoms with Crippen LogP contribution in [0.25, 0.3) is 0 Å². The van der Waals surface area contributed by atoms with Gasteiger partial charge in [0.05, 0.1) is 32.2 Å². The van der Waals surface area contributed by atoms with E-state index in [1.807, 2.05) is 35.2 Å². The summed E-state index contributed by atoms with van der Waals surface area (Å²) in [4.78, 5) is 27.8. The molecule has 2 N–H and O–H groups in total. The van der Waals surface area contributed by atoms with Crippen molar-refractivity contribution in [3.05, 3.63) is 35.9 Å². The molecule has 0 radical (unpaired) electrons. The minimum absolute atomic E-state index is 0.0542. The van der Waals surface area contributed by atoms with Gasteiger partial charge in [-0.15, -0.1) is 0 Å². The molecule has 2 amide bonds. The van der Waals surface area contributed by atoms with Gasteiger partial charge in [0, 0.05) is 5.56 Å². The second-order valence-electron chi connectivity index (χ2n) is 7.03. The average molecular weight is 341 g/mol. The van der Waals surface area contributed by atoms with Crippen LogP contribution in [0, 0.1) is 11.3 Å². The summed E-state index contributed by atoms with van der Waals surface area (Å²) in [5, 5.41) is 12.3. The van der Waals surface area contributed by atoms with Crippen molar-refractivity contribution in [2.75, 3.05) is 32.7 Å². The lowest BCUT2D eigenvalue weighted by molar-refractivity contribution is -0.896. The molecule has 1 saturated carbocycles. The maximum Gasteiger partial charge on any atom is 0.276 e. The molecule has 25 heavy (non-hydrogen) atoms. The molecule has 6 nitrogen and oxygen atoms in total. The van der Waals surface area contributed by atoms with Crippen molar-refractivity contribution in [3.63, 3.8) is 0 Å². The minimum atomic E-state index is -0.651. The number of piperazine rings is 1. The predicted molar refractivity (Wildman–Crippen MR) is 92.9 cm³/mol. The van der Waals surface area contributed by atoms with Crippen molar-refractivity contribution >= 4 is 11.8 Å². The highest BCUT2D eigenvalue weighted by Gasteiger charge is 2.36. The number of nitrogens with zero attached hydrogens (tertiary/aromatic N) is 2. The van der Waals surface area contributed by atoms with E-state index in [4.69, 9.17) is 0 Å². The molecule has 0 unspecified atom stereocenters. The topological polar surface area (TPSA) is 77.6 Å². The molecule has 0 aromatic heterocycles.